The number of rotatable bonds is 4. The van der Waals surface area contributed by atoms with E-state index in [-0.39, 0.29) is 19.1 Å². The van der Waals surface area contributed by atoms with E-state index in [9.17, 15) is 4.79 Å². The highest BCUT2D eigenvalue weighted by Crippen LogP contribution is 2.44. The predicted molar refractivity (Wildman–Crippen MR) is 94.5 cm³/mol. The molecule has 3 aromatic rings. The van der Waals surface area contributed by atoms with Crippen molar-refractivity contribution in [3.63, 3.8) is 0 Å². The Morgan fingerprint density at radius 3 is 2.32 bits per heavy atom. The van der Waals surface area contributed by atoms with Gasteiger partial charge in [0.15, 0.2) is 0 Å². The number of hydrogen-bond donors (Lipinski definition) is 2. The average molecular weight is 353 g/mol. The van der Waals surface area contributed by atoms with Gasteiger partial charge in [-0.05, 0) is 22.3 Å². The lowest BCUT2D eigenvalue weighted by Gasteiger charge is -2.13. The molecular formula is C18H15N3O3S. The first-order chi connectivity index (χ1) is 12.3. The number of nitrogens with zero attached hydrogens (tertiary/aromatic N) is 2. The van der Waals surface area contributed by atoms with Crippen LogP contribution in [0.5, 0.6) is 0 Å². The quantitative estimate of drug-likeness (QED) is 0.751. The Morgan fingerprint density at radius 1 is 1.08 bits per heavy atom. The van der Waals surface area contributed by atoms with Gasteiger partial charge in [-0.25, -0.2) is 4.79 Å². The summed E-state index contributed by atoms with van der Waals surface area (Å²) < 4.78 is 5.41. The van der Waals surface area contributed by atoms with Gasteiger partial charge in [0.1, 0.15) is 11.6 Å². The van der Waals surface area contributed by atoms with Gasteiger partial charge in [-0.1, -0.05) is 59.9 Å². The molecule has 25 heavy (non-hydrogen) atoms. The van der Waals surface area contributed by atoms with Crippen molar-refractivity contribution < 1.29 is 14.6 Å². The van der Waals surface area contributed by atoms with E-state index >= 15 is 0 Å². The molecule has 126 valence electrons. The first-order valence-electron chi connectivity index (χ1n) is 7.81. The Bertz CT molecular complexity index is 880. The van der Waals surface area contributed by atoms with Crippen molar-refractivity contribution in [2.75, 3.05) is 11.9 Å². The number of fused-ring (bicyclic) bond motifs is 3. The minimum absolute atomic E-state index is 0.0144. The highest BCUT2D eigenvalue weighted by Gasteiger charge is 2.29. The van der Waals surface area contributed by atoms with Gasteiger partial charge in [0.25, 0.3) is 0 Å². The normalized spacial score (nSPS) is 12.5. The molecule has 6 nitrogen and oxygen atoms in total. The minimum atomic E-state index is -0.581. The lowest BCUT2D eigenvalue weighted by atomic mass is 9.98. The lowest BCUT2D eigenvalue weighted by molar-refractivity contribution is 0.158. The summed E-state index contributed by atoms with van der Waals surface area (Å²) in [6, 6.07) is 16.3. The van der Waals surface area contributed by atoms with Crippen molar-refractivity contribution in [1.82, 2.24) is 10.2 Å². The molecule has 0 atom stereocenters. The van der Waals surface area contributed by atoms with Crippen LogP contribution in [0.1, 0.15) is 22.1 Å². The van der Waals surface area contributed by atoms with Gasteiger partial charge < -0.3 is 9.84 Å². The Kier molecular flexibility index (Phi) is 4.17. The Balaban J connectivity index is 1.48. The predicted octanol–water partition coefficient (Wildman–Crippen LogP) is 3.39. The molecule has 0 unspecified atom stereocenters. The standard InChI is InChI=1S/C18H15N3O3S/c22-9-16-20-21-17(25-16)19-18(23)24-10-15-13-7-3-1-5-11(13)12-6-2-4-8-14(12)15/h1-8,15,22H,9-10H2,(H,19,21,23). The third-order valence-corrected chi connectivity index (χ3v) is 4.98. The second kappa shape index (κ2) is 6.62. The third-order valence-electron chi connectivity index (χ3n) is 4.15. The van der Waals surface area contributed by atoms with E-state index in [0.29, 0.717) is 10.1 Å². The second-order valence-corrected chi connectivity index (χ2v) is 6.67. The van der Waals surface area contributed by atoms with Gasteiger partial charge in [0.05, 0.1) is 6.61 Å². The molecule has 2 aromatic carbocycles. The molecule has 1 aromatic heterocycles. The molecule has 0 spiro atoms. The lowest BCUT2D eigenvalue weighted by Crippen LogP contribution is -2.17. The van der Waals surface area contributed by atoms with Gasteiger partial charge >= 0.3 is 6.09 Å². The SMILES string of the molecule is O=C(Nc1nnc(CO)s1)OCC1c2ccccc2-c2ccccc21. The molecular weight excluding hydrogens is 338 g/mol. The summed E-state index contributed by atoms with van der Waals surface area (Å²) in [6.45, 7) is 0.0373. The van der Waals surface area contributed by atoms with Gasteiger partial charge in [0.2, 0.25) is 5.13 Å². The number of carbonyl (C=O) groups is 1. The summed E-state index contributed by atoms with van der Waals surface area (Å²) in [5.74, 6) is 0.0144. The fourth-order valence-corrected chi connectivity index (χ4v) is 3.68. The number of ether oxygens (including phenoxy) is 1. The molecule has 0 saturated carbocycles. The van der Waals surface area contributed by atoms with Crippen LogP contribution in [0.15, 0.2) is 48.5 Å². The van der Waals surface area contributed by atoms with Crippen LogP contribution >= 0.6 is 11.3 Å². The number of aliphatic hydroxyl groups is 1. The Hall–Kier alpha value is -2.77. The largest absolute Gasteiger partial charge is 0.448 e. The number of benzene rings is 2. The van der Waals surface area contributed by atoms with E-state index < -0.39 is 6.09 Å². The fraction of sp³-hybridized carbons (Fsp3) is 0.167. The average Bonchev–Trinajstić information content (AvgIpc) is 3.22. The van der Waals surface area contributed by atoms with Crippen LogP contribution in [0, 0.1) is 0 Å². The number of anilines is 1. The zero-order valence-corrected chi connectivity index (χ0v) is 14.0. The number of amides is 1. The number of hydrogen-bond acceptors (Lipinski definition) is 6. The van der Waals surface area contributed by atoms with Crippen LogP contribution in [0.4, 0.5) is 9.93 Å². The summed E-state index contributed by atoms with van der Waals surface area (Å²) in [6.07, 6.45) is -0.581. The number of aliphatic hydroxyl groups excluding tert-OH is 1. The van der Waals surface area contributed by atoms with Crippen LogP contribution in [-0.2, 0) is 11.3 Å². The molecule has 0 fully saturated rings. The maximum atomic E-state index is 12.0. The van der Waals surface area contributed by atoms with Crippen LogP contribution in [0.3, 0.4) is 0 Å². The van der Waals surface area contributed by atoms with Crippen LogP contribution < -0.4 is 5.32 Å². The molecule has 1 aliphatic rings. The zero-order valence-electron chi connectivity index (χ0n) is 13.2. The smallest absolute Gasteiger partial charge is 0.413 e. The molecule has 0 saturated heterocycles. The van der Waals surface area contributed by atoms with Crippen molar-refractivity contribution in [1.29, 1.82) is 0 Å². The zero-order chi connectivity index (χ0) is 17.2. The van der Waals surface area contributed by atoms with Crippen LogP contribution in [0.2, 0.25) is 0 Å². The maximum absolute atomic E-state index is 12.0. The van der Waals surface area contributed by atoms with E-state index in [1.54, 1.807) is 0 Å². The maximum Gasteiger partial charge on any atom is 0.413 e. The second-order valence-electron chi connectivity index (χ2n) is 5.61. The number of carbonyl (C=O) groups excluding carboxylic acids is 1. The topological polar surface area (TPSA) is 84.3 Å². The Labute approximate surface area is 148 Å². The van der Waals surface area contributed by atoms with E-state index in [1.807, 2.05) is 24.3 Å². The summed E-state index contributed by atoms with van der Waals surface area (Å²) in [7, 11) is 0. The first-order valence-corrected chi connectivity index (χ1v) is 8.63. The molecule has 1 amide bonds. The van der Waals surface area contributed by atoms with Gasteiger partial charge in [-0.3, -0.25) is 5.32 Å². The summed E-state index contributed by atoms with van der Waals surface area (Å²) in [5, 5.41) is 19.8. The molecule has 4 rings (SSSR count). The summed E-state index contributed by atoms with van der Waals surface area (Å²) in [5.41, 5.74) is 4.69. The van der Waals surface area contributed by atoms with Crippen LogP contribution in [-0.4, -0.2) is 28.0 Å². The molecule has 2 N–H and O–H groups in total. The number of nitrogens with one attached hydrogen (secondary N) is 1. The van der Waals surface area contributed by atoms with Gasteiger partial charge in [0, 0.05) is 5.92 Å². The molecule has 0 bridgehead atoms. The minimum Gasteiger partial charge on any atom is -0.448 e. The first kappa shape index (κ1) is 15.7. The van der Waals surface area contributed by atoms with Crippen molar-refractivity contribution >= 4 is 22.6 Å². The summed E-state index contributed by atoms with van der Waals surface area (Å²) >= 11 is 1.11. The van der Waals surface area contributed by atoms with Crippen molar-refractivity contribution in [2.45, 2.75) is 12.5 Å². The van der Waals surface area contributed by atoms with Gasteiger partial charge in [-0.15, -0.1) is 10.2 Å². The van der Waals surface area contributed by atoms with E-state index in [2.05, 4.69) is 39.8 Å². The van der Waals surface area contributed by atoms with Crippen molar-refractivity contribution in [2.24, 2.45) is 0 Å². The van der Waals surface area contributed by atoms with Crippen molar-refractivity contribution in [3.05, 3.63) is 64.7 Å². The van der Waals surface area contributed by atoms with Crippen LogP contribution in [0.25, 0.3) is 11.1 Å². The van der Waals surface area contributed by atoms with Gasteiger partial charge in [-0.2, -0.15) is 0 Å². The number of aromatic nitrogens is 2. The Morgan fingerprint density at radius 2 is 1.72 bits per heavy atom. The molecule has 0 aliphatic heterocycles. The van der Waals surface area contributed by atoms with E-state index in [4.69, 9.17) is 9.84 Å². The monoisotopic (exact) mass is 353 g/mol. The molecule has 1 heterocycles. The molecule has 0 radical (unpaired) electrons. The third kappa shape index (κ3) is 2.99. The van der Waals surface area contributed by atoms with Crippen molar-refractivity contribution in [3.8, 4) is 11.1 Å². The van der Waals surface area contributed by atoms with E-state index in [0.717, 1.165) is 22.5 Å². The summed E-state index contributed by atoms with van der Waals surface area (Å²) in [4.78, 5) is 12.0. The van der Waals surface area contributed by atoms with E-state index in [1.165, 1.54) is 11.1 Å². The fourth-order valence-electron chi connectivity index (χ4n) is 3.09. The highest BCUT2D eigenvalue weighted by molar-refractivity contribution is 7.15. The highest BCUT2D eigenvalue weighted by atomic mass is 32.1. The molecule has 1 aliphatic carbocycles. The molecule has 7 heteroatoms.